The third-order valence-corrected chi connectivity index (χ3v) is 3.25. The molecular weight excluding hydrogens is 254 g/mol. The van der Waals surface area contributed by atoms with Crippen molar-refractivity contribution in [1.29, 1.82) is 0 Å². The molecule has 2 aromatic rings. The van der Waals surface area contributed by atoms with Crippen LogP contribution in [0.3, 0.4) is 0 Å². The fraction of sp³-hybridized carbons (Fsp3) is 0.400. The number of aromatic amines is 1. The molecule has 0 radical (unpaired) electrons. The van der Waals surface area contributed by atoms with E-state index in [1.54, 1.807) is 0 Å². The number of benzene rings is 1. The highest BCUT2D eigenvalue weighted by Gasteiger charge is 2.16. The first-order valence-corrected chi connectivity index (χ1v) is 6.83. The fourth-order valence-electron chi connectivity index (χ4n) is 2.36. The van der Waals surface area contributed by atoms with E-state index in [2.05, 4.69) is 4.98 Å². The molecule has 1 amide bonds. The third kappa shape index (κ3) is 2.93. The number of nitrogens with two attached hydrogens (primary N) is 1. The van der Waals surface area contributed by atoms with Gasteiger partial charge in [-0.15, -0.1) is 0 Å². The zero-order valence-corrected chi connectivity index (χ0v) is 11.9. The average molecular weight is 275 g/mol. The van der Waals surface area contributed by atoms with Crippen molar-refractivity contribution in [2.75, 3.05) is 18.0 Å². The molecule has 1 aromatic heterocycles. The van der Waals surface area contributed by atoms with Crippen LogP contribution in [-0.4, -0.2) is 29.3 Å². The van der Waals surface area contributed by atoms with Crippen LogP contribution in [0.15, 0.2) is 24.4 Å². The molecule has 0 aliphatic carbocycles. The lowest BCUT2D eigenvalue weighted by Gasteiger charge is -2.21. The molecule has 5 nitrogen and oxygen atoms in total. The maximum atomic E-state index is 11.4. The van der Waals surface area contributed by atoms with Crippen LogP contribution in [0.4, 0.5) is 10.5 Å². The van der Waals surface area contributed by atoms with Crippen molar-refractivity contribution in [2.45, 2.75) is 20.3 Å². The van der Waals surface area contributed by atoms with E-state index in [4.69, 9.17) is 5.73 Å². The fourth-order valence-corrected chi connectivity index (χ4v) is 2.36. The van der Waals surface area contributed by atoms with Crippen LogP contribution in [0, 0.1) is 5.92 Å². The molecule has 0 bridgehead atoms. The predicted octanol–water partition coefficient (Wildman–Crippen LogP) is 2.81. The summed E-state index contributed by atoms with van der Waals surface area (Å²) in [5.41, 5.74) is 8.44. The number of nitrogens with zero attached hydrogens (tertiary/aromatic N) is 1. The van der Waals surface area contributed by atoms with Gasteiger partial charge < -0.3 is 15.8 Å². The van der Waals surface area contributed by atoms with Crippen LogP contribution < -0.4 is 10.6 Å². The van der Waals surface area contributed by atoms with Gasteiger partial charge in [0.15, 0.2) is 0 Å². The summed E-state index contributed by atoms with van der Waals surface area (Å²) in [6.07, 6.45) is 1.80. The van der Waals surface area contributed by atoms with E-state index in [1.807, 2.05) is 38.2 Å². The second-order valence-corrected chi connectivity index (χ2v) is 5.37. The van der Waals surface area contributed by atoms with Crippen molar-refractivity contribution >= 4 is 22.7 Å². The van der Waals surface area contributed by atoms with Gasteiger partial charge >= 0.3 is 6.09 Å². The van der Waals surface area contributed by atoms with E-state index in [0.717, 1.165) is 22.9 Å². The van der Waals surface area contributed by atoms with Crippen molar-refractivity contribution in [2.24, 2.45) is 11.7 Å². The lowest BCUT2D eigenvalue weighted by Crippen LogP contribution is -2.32. The summed E-state index contributed by atoms with van der Waals surface area (Å²) in [7, 11) is 0. The van der Waals surface area contributed by atoms with E-state index in [1.165, 1.54) is 4.90 Å². The van der Waals surface area contributed by atoms with Crippen molar-refractivity contribution in [3.8, 4) is 0 Å². The predicted molar refractivity (Wildman–Crippen MR) is 81.3 cm³/mol. The van der Waals surface area contributed by atoms with Crippen LogP contribution in [-0.2, 0) is 6.42 Å². The first-order valence-electron chi connectivity index (χ1n) is 6.83. The topological polar surface area (TPSA) is 82.4 Å². The maximum Gasteiger partial charge on any atom is 0.411 e. The minimum absolute atomic E-state index is 0.275. The summed E-state index contributed by atoms with van der Waals surface area (Å²) < 4.78 is 0. The van der Waals surface area contributed by atoms with Gasteiger partial charge in [0.1, 0.15) is 0 Å². The average Bonchev–Trinajstić information content (AvgIpc) is 2.78. The maximum absolute atomic E-state index is 11.4. The Morgan fingerprint density at radius 1 is 1.45 bits per heavy atom. The molecule has 4 N–H and O–H groups in total. The lowest BCUT2D eigenvalue weighted by molar-refractivity contribution is 0.201. The quantitative estimate of drug-likeness (QED) is 0.784. The van der Waals surface area contributed by atoms with Crippen LogP contribution >= 0.6 is 0 Å². The van der Waals surface area contributed by atoms with Gasteiger partial charge in [0.05, 0.1) is 0 Å². The Balaban J connectivity index is 2.42. The number of hydrogen-bond donors (Lipinski definition) is 3. The van der Waals surface area contributed by atoms with Gasteiger partial charge in [-0.3, -0.25) is 4.90 Å². The molecular formula is C15H21N3O2. The number of carboxylic acid groups (broad SMARTS) is 1. The number of aromatic nitrogens is 1. The van der Waals surface area contributed by atoms with Crippen LogP contribution in [0.5, 0.6) is 0 Å². The Morgan fingerprint density at radius 3 is 2.80 bits per heavy atom. The van der Waals surface area contributed by atoms with Crippen LogP contribution in [0.1, 0.15) is 19.4 Å². The summed E-state index contributed by atoms with van der Waals surface area (Å²) in [5, 5.41) is 10.4. The van der Waals surface area contributed by atoms with Gasteiger partial charge in [-0.25, -0.2) is 4.79 Å². The number of fused-ring (bicyclic) bond motifs is 1. The number of hydrogen-bond acceptors (Lipinski definition) is 2. The Bertz CT molecular complexity index is 604. The molecule has 0 aliphatic rings. The number of amides is 1. The smallest absolute Gasteiger partial charge is 0.411 e. The summed E-state index contributed by atoms with van der Waals surface area (Å²) >= 11 is 0. The highest BCUT2D eigenvalue weighted by Crippen LogP contribution is 2.25. The number of rotatable bonds is 5. The van der Waals surface area contributed by atoms with Gasteiger partial charge in [-0.05, 0) is 42.6 Å². The Labute approximate surface area is 118 Å². The standard InChI is InChI=1S/C15H21N3O2/c1-10(2)9-18(15(19)20)12-3-4-14-13(7-12)11(5-6-16)8-17-14/h3-4,7-8,10,17H,5-6,9,16H2,1-2H3,(H,19,20). The van der Waals surface area contributed by atoms with E-state index < -0.39 is 6.09 Å². The summed E-state index contributed by atoms with van der Waals surface area (Å²) in [4.78, 5) is 16.0. The monoisotopic (exact) mass is 275 g/mol. The molecule has 1 aromatic carbocycles. The van der Waals surface area contributed by atoms with Crippen molar-refractivity contribution < 1.29 is 9.90 Å². The van der Waals surface area contributed by atoms with E-state index >= 15 is 0 Å². The Hall–Kier alpha value is -2.01. The van der Waals surface area contributed by atoms with Gasteiger partial charge in [0.2, 0.25) is 0 Å². The highest BCUT2D eigenvalue weighted by molar-refractivity contribution is 5.92. The Morgan fingerprint density at radius 2 is 2.20 bits per heavy atom. The minimum atomic E-state index is -0.922. The number of H-pyrrole nitrogens is 1. The second-order valence-electron chi connectivity index (χ2n) is 5.37. The summed E-state index contributed by atoms with van der Waals surface area (Å²) in [6, 6.07) is 5.68. The zero-order chi connectivity index (χ0) is 14.7. The lowest BCUT2D eigenvalue weighted by atomic mass is 10.1. The zero-order valence-electron chi connectivity index (χ0n) is 11.9. The third-order valence-electron chi connectivity index (χ3n) is 3.25. The van der Waals surface area contributed by atoms with Gasteiger partial charge in [0, 0.05) is 29.3 Å². The largest absolute Gasteiger partial charge is 0.465 e. The Kier molecular flexibility index (Phi) is 4.29. The molecule has 0 atom stereocenters. The van der Waals surface area contributed by atoms with Crippen molar-refractivity contribution in [3.05, 3.63) is 30.0 Å². The molecule has 1 heterocycles. The molecule has 0 fully saturated rings. The van der Waals surface area contributed by atoms with Crippen molar-refractivity contribution in [1.82, 2.24) is 4.98 Å². The minimum Gasteiger partial charge on any atom is -0.465 e. The molecule has 2 rings (SSSR count). The molecule has 20 heavy (non-hydrogen) atoms. The molecule has 0 aliphatic heterocycles. The van der Waals surface area contributed by atoms with Gasteiger partial charge in [-0.2, -0.15) is 0 Å². The molecule has 0 spiro atoms. The molecule has 0 saturated heterocycles. The molecule has 108 valence electrons. The summed E-state index contributed by atoms with van der Waals surface area (Å²) in [5.74, 6) is 0.275. The summed E-state index contributed by atoms with van der Waals surface area (Å²) in [6.45, 7) is 5.07. The van der Waals surface area contributed by atoms with Crippen LogP contribution in [0.2, 0.25) is 0 Å². The molecule has 0 unspecified atom stereocenters. The first-order chi connectivity index (χ1) is 9.52. The van der Waals surface area contributed by atoms with Gasteiger partial charge in [-0.1, -0.05) is 13.8 Å². The number of anilines is 1. The van der Waals surface area contributed by atoms with E-state index in [9.17, 15) is 9.90 Å². The van der Waals surface area contributed by atoms with Gasteiger partial charge in [0.25, 0.3) is 0 Å². The van der Waals surface area contributed by atoms with Crippen molar-refractivity contribution in [3.63, 3.8) is 0 Å². The molecule has 5 heteroatoms. The highest BCUT2D eigenvalue weighted by atomic mass is 16.4. The normalized spacial score (nSPS) is 11.2. The van der Waals surface area contributed by atoms with Crippen LogP contribution in [0.25, 0.3) is 10.9 Å². The SMILES string of the molecule is CC(C)CN(C(=O)O)c1ccc2[nH]cc(CCN)c2c1. The number of nitrogens with one attached hydrogen (secondary N) is 1. The number of carbonyl (C=O) groups is 1. The first kappa shape index (κ1) is 14.4. The van der Waals surface area contributed by atoms with E-state index in [-0.39, 0.29) is 5.92 Å². The second kappa shape index (κ2) is 5.96. The molecule has 0 saturated carbocycles. The van der Waals surface area contributed by atoms with E-state index in [0.29, 0.717) is 18.8 Å².